The summed E-state index contributed by atoms with van der Waals surface area (Å²) >= 11 is 6.03. The second kappa shape index (κ2) is 8.69. The molecule has 5 heteroatoms. The molecule has 0 unspecified atom stereocenters. The molecule has 0 aliphatic carbocycles. The quantitative estimate of drug-likeness (QED) is 0.642. The number of amides is 1. The van der Waals surface area contributed by atoms with Crippen molar-refractivity contribution in [2.24, 2.45) is 0 Å². The molecule has 0 saturated carbocycles. The summed E-state index contributed by atoms with van der Waals surface area (Å²) in [6.07, 6.45) is 1.71. The standard InChI is InChI=1S/C22H21ClN2O2/c1-2-24(16-18-10-6-11-19(23)14-18)21(26)20-12-7-13-25(22(20)27)15-17-8-4-3-5-9-17/h3-14H,2,15-16H2,1H3. The molecule has 27 heavy (non-hydrogen) atoms. The number of pyridine rings is 1. The molecule has 0 N–H and O–H groups in total. The van der Waals surface area contributed by atoms with Crippen molar-refractivity contribution in [3.63, 3.8) is 0 Å². The Bertz CT molecular complexity index is 983. The van der Waals surface area contributed by atoms with E-state index in [-0.39, 0.29) is 17.0 Å². The molecule has 0 saturated heterocycles. The van der Waals surface area contributed by atoms with Crippen LogP contribution in [0.5, 0.6) is 0 Å². The lowest BCUT2D eigenvalue weighted by Gasteiger charge is -2.21. The van der Waals surface area contributed by atoms with E-state index in [0.717, 1.165) is 11.1 Å². The highest BCUT2D eigenvalue weighted by Crippen LogP contribution is 2.14. The van der Waals surface area contributed by atoms with E-state index in [0.29, 0.717) is 24.7 Å². The van der Waals surface area contributed by atoms with Gasteiger partial charge in [0.1, 0.15) is 5.56 Å². The van der Waals surface area contributed by atoms with Crippen LogP contribution in [0.3, 0.4) is 0 Å². The van der Waals surface area contributed by atoms with Crippen molar-refractivity contribution in [3.05, 3.63) is 105 Å². The van der Waals surface area contributed by atoms with Gasteiger partial charge < -0.3 is 9.47 Å². The summed E-state index contributed by atoms with van der Waals surface area (Å²) in [5.74, 6) is -0.273. The lowest BCUT2D eigenvalue weighted by Crippen LogP contribution is -2.36. The fraction of sp³-hybridized carbons (Fsp3) is 0.182. The largest absolute Gasteiger partial charge is 0.334 e. The molecule has 1 heterocycles. The van der Waals surface area contributed by atoms with E-state index in [1.165, 1.54) is 0 Å². The summed E-state index contributed by atoms with van der Waals surface area (Å²) in [7, 11) is 0. The maximum atomic E-state index is 13.0. The monoisotopic (exact) mass is 380 g/mol. The lowest BCUT2D eigenvalue weighted by molar-refractivity contribution is 0.0750. The van der Waals surface area contributed by atoms with Crippen LogP contribution in [0, 0.1) is 0 Å². The topological polar surface area (TPSA) is 42.3 Å². The SMILES string of the molecule is CCN(Cc1cccc(Cl)c1)C(=O)c1cccn(Cc2ccccc2)c1=O. The minimum atomic E-state index is -0.282. The van der Waals surface area contributed by atoms with Gasteiger partial charge in [0.2, 0.25) is 0 Å². The summed E-state index contributed by atoms with van der Waals surface area (Å²) in [6, 6.07) is 20.4. The van der Waals surface area contributed by atoms with Gasteiger partial charge in [-0.3, -0.25) is 9.59 Å². The molecule has 0 atom stereocenters. The molecular formula is C22H21ClN2O2. The average molecular weight is 381 g/mol. The molecule has 0 aliphatic heterocycles. The van der Waals surface area contributed by atoms with Gasteiger partial charge in [-0.2, -0.15) is 0 Å². The van der Waals surface area contributed by atoms with E-state index in [9.17, 15) is 9.59 Å². The van der Waals surface area contributed by atoms with Crippen molar-refractivity contribution >= 4 is 17.5 Å². The molecular weight excluding hydrogens is 360 g/mol. The predicted molar refractivity (Wildman–Crippen MR) is 108 cm³/mol. The van der Waals surface area contributed by atoms with Crippen LogP contribution in [0.2, 0.25) is 5.02 Å². The number of aromatic nitrogens is 1. The molecule has 1 amide bonds. The van der Waals surface area contributed by atoms with Crippen molar-refractivity contribution in [2.45, 2.75) is 20.0 Å². The number of halogens is 1. The second-order valence-electron chi connectivity index (χ2n) is 6.29. The maximum Gasteiger partial charge on any atom is 0.263 e. The van der Waals surface area contributed by atoms with Crippen LogP contribution in [-0.4, -0.2) is 21.9 Å². The summed E-state index contributed by atoms with van der Waals surface area (Å²) in [4.78, 5) is 27.5. The van der Waals surface area contributed by atoms with Gasteiger partial charge in [-0.05, 0) is 42.3 Å². The van der Waals surface area contributed by atoms with Crippen molar-refractivity contribution in [2.75, 3.05) is 6.54 Å². The van der Waals surface area contributed by atoms with Crippen molar-refractivity contribution < 1.29 is 4.79 Å². The zero-order chi connectivity index (χ0) is 19.2. The van der Waals surface area contributed by atoms with E-state index in [4.69, 9.17) is 11.6 Å². The Morgan fingerprint density at radius 1 is 1.00 bits per heavy atom. The Morgan fingerprint density at radius 2 is 1.74 bits per heavy atom. The summed E-state index contributed by atoms with van der Waals surface area (Å²) in [5, 5.41) is 0.626. The molecule has 3 rings (SSSR count). The molecule has 4 nitrogen and oxygen atoms in total. The number of carbonyl (C=O) groups is 1. The number of hydrogen-bond donors (Lipinski definition) is 0. The second-order valence-corrected chi connectivity index (χ2v) is 6.73. The van der Waals surface area contributed by atoms with Gasteiger partial charge in [0.25, 0.3) is 11.5 Å². The zero-order valence-electron chi connectivity index (χ0n) is 15.1. The normalized spacial score (nSPS) is 10.6. The molecule has 0 radical (unpaired) electrons. The van der Waals surface area contributed by atoms with E-state index in [2.05, 4.69) is 0 Å². The van der Waals surface area contributed by atoms with Crippen LogP contribution in [0.1, 0.15) is 28.4 Å². The number of benzene rings is 2. The highest BCUT2D eigenvalue weighted by Gasteiger charge is 2.19. The molecule has 0 bridgehead atoms. The third-order valence-electron chi connectivity index (χ3n) is 4.38. The highest BCUT2D eigenvalue weighted by atomic mass is 35.5. The van der Waals surface area contributed by atoms with E-state index in [1.54, 1.807) is 33.9 Å². The minimum Gasteiger partial charge on any atom is -0.334 e. The average Bonchev–Trinajstić information content (AvgIpc) is 2.68. The van der Waals surface area contributed by atoms with E-state index < -0.39 is 0 Å². The third-order valence-corrected chi connectivity index (χ3v) is 4.61. The van der Waals surface area contributed by atoms with Crippen LogP contribution >= 0.6 is 11.6 Å². The van der Waals surface area contributed by atoms with Gasteiger partial charge in [0.15, 0.2) is 0 Å². The Kier molecular flexibility index (Phi) is 6.09. The first-order valence-electron chi connectivity index (χ1n) is 8.85. The molecule has 0 aliphatic rings. The van der Waals surface area contributed by atoms with Crippen LogP contribution < -0.4 is 5.56 Å². The Morgan fingerprint density at radius 3 is 2.44 bits per heavy atom. The number of rotatable bonds is 6. The Balaban J connectivity index is 1.85. The smallest absolute Gasteiger partial charge is 0.263 e. The van der Waals surface area contributed by atoms with Gasteiger partial charge in [0, 0.05) is 24.3 Å². The first-order valence-corrected chi connectivity index (χ1v) is 9.23. The number of nitrogens with zero attached hydrogens (tertiary/aromatic N) is 2. The Labute approximate surface area is 163 Å². The molecule has 2 aromatic carbocycles. The van der Waals surface area contributed by atoms with Crippen LogP contribution in [0.15, 0.2) is 77.7 Å². The van der Waals surface area contributed by atoms with Crippen LogP contribution in [0.25, 0.3) is 0 Å². The van der Waals surface area contributed by atoms with Gasteiger partial charge in [-0.25, -0.2) is 0 Å². The fourth-order valence-corrected chi connectivity index (χ4v) is 3.17. The summed E-state index contributed by atoms with van der Waals surface area (Å²) in [6.45, 7) is 3.23. The van der Waals surface area contributed by atoms with E-state index >= 15 is 0 Å². The number of hydrogen-bond acceptors (Lipinski definition) is 2. The molecule has 1 aromatic heterocycles. The number of carbonyl (C=O) groups excluding carboxylic acids is 1. The van der Waals surface area contributed by atoms with Gasteiger partial charge >= 0.3 is 0 Å². The van der Waals surface area contributed by atoms with Gasteiger partial charge in [0.05, 0.1) is 6.54 Å². The Hall–Kier alpha value is -2.85. The first-order chi connectivity index (χ1) is 13.1. The highest BCUT2D eigenvalue weighted by molar-refractivity contribution is 6.30. The first kappa shape index (κ1) is 18.9. The predicted octanol–water partition coefficient (Wildman–Crippen LogP) is 4.21. The van der Waals surface area contributed by atoms with Crippen molar-refractivity contribution in [1.29, 1.82) is 0 Å². The van der Waals surface area contributed by atoms with E-state index in [1.807, 2.05) is 55.5 Å². The summed E-state index contributed by atoms with van der Waals surface area (Å²) < 4.78 is 1.57. The molecule has 0 fully saturated rings. The van der Waals surface area contributed by atoms with Gasteiger partial charge in [-0.15, -0.1) is 0 Å². The molecule has 0 spiro atoms. The fourth-order valence-electron chi connectivity index (χ4n) is 2.96. The van der Waals surface area contributed by atoms with Gasteiger partial charge in [-0.1, -0.05) is 54.1 Å². The minimum absolute atomic E-state index is 0.178. The zero-order valence-corrected chi connectivity index (χ0v) is 15.9. The lowest BCUT2D eigenvalue weighted by atomic mass is 10.1. The molecule has 138 valence electrons. The molecule has 3 aromatic rings. The maximum absolute atomic E-state index is 13.0. The summed E-state index contributed by atoms with van der Waals surface area (Å²) in [5.41, 5.74) is 1.84. The van der Waals surface area contributed by atoms with Crippen molar-refractivity contribution in [1.82, 2.24) is 9.47 Å². The van der Waals surface area contributed by atoms with Crippen LogP contribution in [0.4, 0.5) is 0 Å². The van der Waals surface area contributed by atoms with Crippen molar-refractivity contribution in [3.8, 4) is 0 Å². The third kappa shape index (κ3) is 4.66. The van der Waals surface area contributed by atoms with Crippen LogP contribution in [-0.2, 0) is 13.1 Å².